The van der Waals surface area contributed by atoms with Gasteiger partial charge in [-0.25, -0.2) is 0 Å². The zero-order chi connectivity index (χ0) is 18.2. The van der Waals surface area contributed by atoms with E-state index >= 15 is 0 Å². The van der Waals surface area contributed by atoms with Crippen molar-refractivity contribution >= 4 is 0 Å². The molecule has 26 heavy (non-hydrogen) atoms. The quantitative estimate of drug-likeness (QED) is 0.421. The van der Waals surface area contributed by atoms with Crippen LogP contribution in [-0.4, -0.2) is 0 Å². The zero-order valence-corrected chi connectivity index (χ0v) is 15.9. The van der Waals surface area contributed by atoms with Crippen LogP contribution in [0.1, 0.15) is 35.6 Å². The molecule has 0 spiro atoms. The molecule has 1 unspecified atom stereocenters. The van der Waals surface area contributed by atoms with Crippen LogP contribution in [-0.2, 0) is 18.3 Å². The van der Waals surface area contributed by atoms with Gasteiger partial charge < -0.3 is 0 Å². The molecule has 0 heterocycles. The predicted molar refractivity (Wildman–Crippen MR) is 113 cm³/mol. The first-order chi connectivity index (χ1) is 12.7. The molecule has 0 radical (unpaired) electrons. The van der Waals surface area contributed by atoms with Crippen LogP contribution in [0.25, 0.3) is 0 Å². The molecule has 0 amide bonds. The summed E-state index contributed by atoms with van der Waals surface area (Å²) in [5.41, 5.74) is 5.47. The molecule has 0 nitrogen and oxygen atoms in total. The van der Waals surface area contributed by atoms with E-state index in [1.54, 1.807) is 0 Å². The predicted octanol–water partition coefficient (Wildman–Crippen LogP) is 6.68. The van der Waals surface area contributed by atoms with E-state index in [9.17, 15) is 0 Å². The fraction of sp³-hybridized carbons (Fsp3) is 0.231. The van der Waals surface area contributed by atoms with Crippen molar-refractivity contribution in [2.75, 3.05) is 0 Å². The third kappa shape index (κ3) is 4.95. The first kappa shape index (κ1) is 18.2. The van der Waals surface area contributed by atoms with E-state index in [2.05, 4.69) is 111 Å². The highest BCUT2D eigenvalue weighted by Crippen LogP contribution is 2.30. The van der Waals surface area contributed by atoms with Gasteiger partial charge in [0.1, 0.15) is 0 Å². The summed E-state index contributed by atoms with van der Waals surface area (Å²) in [6.07, 6.45) is 7.94. The van der Waals surface area contributed by atoms with E-state index in [0.717, 1.165) is 19.3 Å². The molecule has 0 saturated heterocycles. The van der Waals surface area contributed by atoms with Crippen LogP contribution >= 0.6 is 0 Å². The van der Waals surface area contributed by atoms with E-state index in [4.69, 9.17) is 0 Å². The number of benzene rings is 3. The minimum Gasteiger partial charge on any atom is -0.0873 e. The van der Waals surface area contributed by atoms with Gasteiger partial charge in [-0.1, -0.05) is 110 Å². The smallest absolute Gasteiger partial charge is 0.0144 e. The summed E-state index contributed by atoms with van der Waals surface area (Å²) >= 11 is 0. The van der Waals surface area contributed by atoms with Gasteiger partial charge in [-0.05, 0) is 42.9 Å². The molecule has 3 aromatic rings. The average Bonchev–Trinajstić information content (AvgIpc) is 2.67. The fourth-order valence-electron chi connectivity index (χ4n) is 3.45. The molecular formula is C26H28. The first-order valence-corrected chi connectivity index (χ1v) is 9.48. The number of aryl methyl sites for hydroxylation is 2. The van der Waals surface area contributed by atoms with Crippen molar-refractivity contribution in [3.63, 3.8) is 0 Å². The van der Waals surface area contributed by atoms with Gasteiger partial charge in [0.05, 0.1) is 0 Å². The van der Waals surface area contributed by atoms with Gasteiger partial charge in [0.15, 0.2) is 0 Å². The highest BCUT2D eigenvalue weighted by molar-refractivity contribution is 5.35. The topological polar surface area (TPSA) is 0 Å². The van der Waals surface area contributed by atoms with Crippen LogP contribution in [0.15, 0.2) is 97.1 Å². The van der Waals surface area contributed by atoms with Gasteiger partial charge in [-0.15, -0.1) is 0 Å². The second kappa shape index (κ2) is 8.67. The molecule has 0 fully saturated rings. The van der Waals surface area contributed by atoms with Gasteiger partial charge in [-0.3, -0.25) is 0 Å². The average molecular weight is 341 g/mol. The van der Waals surface area contributed by atoms with Crippen LogP contribution in [0.3, 0.4) is 0 Å². The molecule has 0 bridgehead atoms. The number of rotatable bonds is 7. The Labute approximate surface area is 158 Å². The second-order valence-corrected chi connectivity index (χ2v) is 7.37. The summed E-state index contributed by atoms with van der Waals surface area (Å²) in [4.78, 5) is 0. The van der Waals surface area contributed by atoms with Crippen molar-refractivity contribution in [1.29, 1.82) is 0 Å². The Morgan fingerprint density at radius 1 is 0.731 bits per heavy atom. The molecule has 0 N–H and O–H groups in total. The van der Waals surface area contributed by atoms with Crippen molar-refractivity contribution in [3.05, 3.63) is 119 Å². The van der Waals surface area contributed by atoms with E-state index in [1.165, 1.54) is 22.3 Å². The molecule has 1 atom stereocenters. The van der Waals surface area contributed by atoms with Crippen molar-refractivity contribution in [2.24, 2.45) is 0 Å². The van der Waals surface area contributed by atoms with E-state index < -0.39 is 0 Å². The Balaban J connectivity index is 1.78. The van der Waals surface area contributed by atoms with Crippen LogP contribution < -0.4 is 0 Å². The summed E-state index contributed by atoms with van der Waals surface area (Å²) in [5.74, 6) is 0. The normalized spacial score (nSPS) is 13.6. The van der Waals surface area contributed by atoms with Crippen molar-refractivity contribution in [3.8, 4) is 0 Å². The van der Waals surface area contributed by atoms with Crippen LogP contribution in [0, 0.1) is 6.92 Å². The highest BCUT2D eigenvalue weighted by atomic mass is 14.3. The fourth-order valence-corrected chi connectivity index (χ4v) is 3.45. The molecule has 0 aliphatic rings. The Hall–Kier alpha value is -2.60. The lowest BCUT2D eigenvalue weighted by Crippen LogP contribution is -2.22. The van der Waals surface area contributed by atoms with Crippen molar-refractivity contribution < 1.29 is 0 Å². The molecule has 0 aliphatic heterocycles. The SMILES string of the molecule is Cc1ccc(C(C)(/C=C/CCc2ccccc2)Cc2ccccc2)cc1. The number of hydrogen-bond donors (Lipinski definition) is 0. The maximum Gasteiger partial charge on any atom is 0.0144 e. The summed E-state index contributed by atoms with van der Waals surface area (Å²) in [6, 6.07) is 30.5. The molecule has 3 aromatic carbocycles. The monoisotopic (exact) mass is 340 g/mol. The minimum absolute atomic E-state index is 0.00570. The number of allylic oxidation sites excluding steroid dienone is 2. The summed E-state index contributed by atoms with van der Waals surface area (Å²) in [7, 11) is 0. The molecule has 3 rings (SSSR count). The number of hydrogen-bond acceptors (Lipinski definition) is 0. The molecule has 0 saturated carbocycles. The lowest BCUT2D eigenvalue weighted by molar-refractivity contribution is 0.588. The minimum atomic E-state index is 0.00570. The highest BCUT2D eigenvalue weighted by Gasteiger charge is 2.23. The van der Waals surface area contributed by atoms with Gasteiger partial charge in [-0.2, -0.15) is 0 Å². The van der Waals surface area contributed by atoms with E-state index in [1.807, 2.05) is 0 Å². The Bertz CT molecular complexity index is 813. The zero-order valence-electron chi connectivity index (χ0n) is 15.9. The third-order valence-electron chi connectivity index (χ3n) is 5.05. The van der Waals surface area contributed by atoms with Crippen molar-refractivity contribution in [1.82, 2.24) is 0 Å². The lowest BCUT2D eigenvalue weighted by Gasteiger charge is -2.27. The summed E-state index contributed by atoms with van der Waals surface area (Å²) < 4.78 is 0. The Morgan fingerprint density at radius 3 is 1.92 bits per heavy atom. The molecular weight excluding hydrogens is 312 g/mol. The second-order valence-electron chi connectivity index (χ2n) is 7.37. The molecule has 0 aromatic heterocycles. The lowest BCUT2D eigenvalue weighted by atomic mass is 9.76. The maximum absolute atomic E-state index is 2.41. The van der Waals surface area contributed by atoms with Gasteiger partial charge in [0, 0.05) is 5.41 Å². The van der Waals surface area contributed by atoms with Gasteiger partial charge in [0.2, 0.25) is 0 Å². The third-order valence-corrected chi connectivity index (χ3v) is 5.05. The standard InChI is InChI=1S/C26H28/c1-22-16-18-25(19-17-22)26(2,21-24-14-7-4-8-15-24)20-10-9-13-23-11-5-3-6-12-23/h3-8,10-12,14-20H,9,13,21H2,1-2H3/b20-10+. The van der Waals surface area contributed by atoms with Crippen LogP contribution in [0.5, 0.6) is 0 Å². The van der Waals surface area contributed by atoms with E-state index in [0.29, 0.717) is 0 Å². The van der Waals surface area contributed by atoms with Crippen LogP contribution in [0.2, 0.25) is 0 Å². The molecule has 132 valence electrons. The van der Waals surface area contributed by atoms with Crippen molar-refractivity contribution in [2.45, 2.75) is 38.5 Å². The molecule has 0 aliphatic carbocycles. The Morgan fingerprint density at radius 2 is 1.31 bits per heavy atom. The first-order valence-electron chi connectivity index (χ1n) is 9.48. The van der Waals surface area contributed by atoms with Gasteiger partial charge in [0.25, 0.3) is 0 Å². The Kier molecular flexibility index (Phi) is 6.07. The molecule has 0 heteroatoms. The largest absolute Gasteiger partial charge is 0.0873 e. The summed E-state index contributed by atoms with van der Waals surface area (Å²) in [5, 5.41) is 0. The summed E-state index contributed by atoms with van der Waals surface area (Å²) in [6.45, 7) is 4.50. The van der Waals surface area contributed by atoms with Crippen LogP contribution in [0.4, 0.5) is 0 Å². The van der Waals surface area contributed by atoms with Gasteiger partial charge >= 0.3 is 0 Å². The van der Waals surface area contributed by atoms with E-state index in [-0.39, 0.29) is 5.41 Å². The maximum atomic E-state index is 2.41.